The van der Waals surface area contributed by atoms with E-state index >= 15 is 0 Å². The Hall–Kier alpha value is -2.08. The maximum Gasteiger partial charge on any atom is 0.416 e. The Balaban J connectivity index is 2.22. The molecule has 7 heteroatoms. The molecular formula is C13H7ClF3N3. The van der Waals surface area contributed by atoms with E-state index in [0.717, 1.165) is 12.1 Å². The Morgan fingerprint density at radius 1 is 1.10 bits per heavy atom. The Morgan fingerprint density at radius 2 is 1.85 bits per heavy atom. The van der Waals surface area contributed by atoms with Crippen molar-refractivity contribution in [2.24, 2.45) is 0 Å². The highest BCUT2D eigenvalue weighted by molar-refractivity contribution is 6.29. The predicted molar refractivity (Wildman–Crippen MR) is 68.9 cm³/mol. The van der Waals surface area contributed by atoms with Gasteiger partial charge >= 0.3 is 6.18 Å². The lowest BCUT2D eigenvalue weighted by atomic mass is 10.2. The summed E-state index contributed by atoms with van der Waals surface area (Å²) in [5, 5.41) is -0.215. The first-order valence-electron chi connectivity index (χ1n) is 5.62. The largest absolute Gasteiger partial charge is 0.416 e. The summed E-state index contributed by atoms with van der Waals surface area (Å²) in [6.45, 7) is 0. The van der Waals surface area contributed by atoms with Crippen molar-refractivity contribution in [2.75, 3.05) is 0 Å². The number of pyridine rings is 1. The van der Waals surface area contributed by atoms with Crippen LogP contribution in [0, 0.1) is 0 Å². The molecule has 0 N–H and O–H groups in total. The summed E-state index contributed by atoms with van der Waals surface area (Å²) in [6, 6.07) is 8.82. The first-order chi connectivity index (χ1) is 9.45. The molecule has 0 fully saturated rings. The Bertz CT molecular complexity index is 780. The Morgan fingerprint density at radius 3 is 2.60 bits per heavy atom. The summed E-state index contributed by atoms with van der Waals surface area (Å²) in [4.78, 5) is 8.04. The lowest BCUT2D eigenvalue weighted by Gasteiger charge is -2.10. The fraction of sp³-hybridized carbons (Fsp3) is 0.0769. The number of alkyl halides is 3. The lowest BCUT2D eigenvalue weighted by molar-refractivity contribution is -0.137. The van der Waals surface area contributed by atoms with Gasteiger partial charge in [-0.2, -0.15) is 13.2 Å². The number of para-hydroxylation sites is 2. The van der Waals surface area contributed by atoms with E-state index in [9.17, 15) is 13.2 Å². The van der Waals surface area contributed by atoms with Crippen molar-refractivity contribution < 1.29 is 13.2 Å². The SMILES string of the molecule is FC(F)(F)c1cc(Cl)nc(-n2cnc3ccccc32)c1. The monoisotopic (exact) mass is 297 g/mol. The lowest BCUT2D eigenvalue weighted by Crippen LogP contribution is -2.07. The van der Waals surface area contributed by atoms with Crippen LogP contribution < -0.4 is 0 Å². The summed E-state index contributed by atoms with van der Waals surface area (Å²) in [6.07, 6.45) is -3.05. The van der Waals surface area contributed by atoms with Crippen LogP contribution in [0.5, 0.6) is 0 Å². The van der Waals surface area contributed by atoms with Gasteiger partial charge in [0.25, 0.3) is 0 Å². The quantitative estimate of drug-likeness (QED) is 0.633. The number of hydrogen-bond donors (Lipinski definition) is 0. The molecule has 0 radical (unpaired) electrons. The van der Waals surface area contributed by atoms with Crippen molar-refractivity contribution in [1.82, 2.24) is 14.5 Å². The van der Waals surface area contributed by atoms with Crippen LogP contribution in [0.3, 0.4) is 0 Å². The van der Waals surface area contributed by atoms with Crippen LogP contribution in [-0.2, 0) is 6.18 Å². The highest BCUT2D eigenvalue weighted by Crippen LogP contribution is 2.32. The number of imidazole rings is 1. The van der Waals surface area contributed by atoms with Gasteiger partial charge in [-0.05, 0) is 24.3 Å². The number of rotatable bonds is 1. The number of fused-ring (bicyclic) bond motifs is 1. The first-order valence-corrected chi connectivity index (χ1v) is 6.00. The Labute approximate surface area is 116 Å². The molecule has 3 rings (SSSR count). The molecule has 0 spiro atoms. The van der Waals surface area contributed by atoms with Gasteiger partial charge in [-0.1, -0.05) is 23.7 Å². The summed E-state index contributed by atoms with van der Waals surface area (Å²) < 4.78 is 39.8. The molecule has 2 heterocycles. The molecule has 0 saturated heterocycles. The van der Waals surface area contributed by atoms with Gasteiger partial charge in [-0.3, -0.25) is 4.57 Å². The van der Waals surface area contributed by atoms with Gasteiger partial charge < -0.3 is 0 Å². The smallest absolute Gasteiger partial charge is 0.283 e. The van der Waals surface area contributed by atoms with Crippen molar-refractivity contribution in [1.29, 1.82) is 0 Å². The average Bonchev–Trinajstić information content (AvgIpc) is 2.80. The van der Waals surface area contributed by atoms with E-state index < -0.39 is 11.7 Å². The number of aromatic nitrogens is 3. The topological polar surface area (TPSA) is 30.7 Å². The molecular weight excluding hydrogens is 291 g/mol. The molecule has 1 aromatic carbocycles. The number of nitrogens with zero attached hydrogens (tertiary/aromatic N) is 3. The molecule has 0 amide bonds. The maximum atomic E-state index is 12.8. The molecule has 0 bridgehead atoms. The molecule has 0 aliphatic rings. The normalized spacial score (nSPS) is 12.0. The highest BCUT2D eigenvalue weighted by Gasteiger charge is 2.31. The molecule has 0 aliphatic heterocycles. The number of halogens is 4. The van der Waals surface area contributed by atoms with Crippen LogP contribution in [0.25, 0.3) is 16.9 Å². The zero-order valence-corrected chi connectivity index (χ0v) is 10.7. The zero-order chi connectivity index (χ0) is 14.3. The van der Waals surface area contributed by atoms with Crippen LogP contribution in [0.15, 0.2) is 42.7 Å². The fourth-order valence-corrected chi connectivity index (χ4v) is 2.12. The van der Waals surface area contributed by atoms with Gasteiger partial charge in [0.2, 0.25) is 0 Å². The Kier molecular flexibility index (Phi) is 2.90. The van der Waals surface area contributed by atoms with E-state index in [0.29, 0.717) is 11.0 Å². The van der Waals surface area contributed by atoms with Crippen molar-refractivity contribution in [3.63, 3.8) is 0 Å². The summed E-state index contributed by atoms with van der Waals surface area (Å²) in [5.41, 5.74) is 0.489. The van der Waals surface area contributed by atoms with Crippen LogP contribution in [0.4, 0.5) is 13.2 Å². The number of benzene rings is 1. The molecule has 0 saturated carbocycles. The molecule has 2 aromatic heterocycles. The van der Waals surface area contributed by atoms with Gasteiger partial charge in [0.15, 0.2) is 0 Å². The fourth-order valence-electron chi connectivity index (χ4n) is 1.91. The van der Waals surface area contributed by atoms with Gasteiger partial charge in [-0.15, -0.1) is 0 Å². The van der Waals surface area contributed by atoms with Gasteiger partial charge in [0.1, 0.15) is 17.3 Å². The second kappa shape index (κ2) is 4.49. The predicted octanol–water partition coefficient (Wildman–Crippen LogP) is 4.09. The third-order valence-corrected chi connectivity index (χ3v) is 3.00. The molecule has 0 aliphatic carbocycles. The van der Waals surface area contributed by atoms with E-state index in [4.69, 9.17) is 11.6 Å². The second-order valence-corrected chi connectivity index (χ2v) is 4.53. The second-order valence-electron chi connectivity index (χ2n) is 4.14. The van der Waals surface area contributed by atoms with Crippen LogP contribution >= 0.6 is 11.6 Å². The zero-order valence-electron chi connectivity index (χ0n) is 9.89. The van der Waals surface area contributed by atoms with Crippen LogP contribution in [-0.4, -0.2) is 14.5 Å². The molecule has 102 valence electrons. The highest BCUT2D eigenvalue weighted by atomic mass is 35.5. The van der Waals surface area contributed by atoms with Crippen molar-refractivity contribution in [2.45, 2.75) is 6.18 Å². The molecule has 0 unspecified atom stereocenters. The summed E-state index contributed by atoms with van der Waals surface area (Å²) in [7, 11) is 0. The van der Waals surface area contributed by atoms with E-state index in [1.54, 1.807) is 24.3 Å². The van der Waals surface area contributed by atoms with E-state index in [2.05, 4.69) is 9.97 Å². The minimum absolute atomic E-state index is 0.0820. The van der Waals surface area contributed by atoms with Crippen LogP contribution in [0.2, 0.25) is 5.15 Å². The minimum atomic E-state index is -4.47. The minimum Gasteiger partial charge on any atom is -0.283 e. The van der Waals surface area contributed by atoms with Gasteiger partial charge in [-0.25, -0.2) is 9.97 Å². The average molecular weight is 298 g/mol. The summed E-state index contributed by atoms with van der Waals surface area (Å²) >= 11 is 5.68. The third-order valence-electron chi connectivity index (χ3n) is 2.81. The molecule has 3 aromatic rings. The van der Waals surface area contributed by atoms with Gasteiger partial charge in [0.05, 0.1) is 16.6 Å². The van der Waals surface area contributed by atoms with E-state index in [-0.39, 0.29) is 11.0 Å². The van der Waals surface area contributed by atoms with E-state index in [1.807, 2.05) is 0 Å². The summed E-state index contributed by atoms with van der Waals surface area (Å²) in [5.74, 6) is 0.0820. The van der Waals surface area contributed by atoms with Crippen molar-refractivity contribution >= 4 is 22.6 Å². The van der Waals surface area contributed by atoms with Crippen molar-refractivity contribution in [3.8, 4) is 5.82 Å². The first kappa shape index (κ1) is 12.9. The van der Waals surface area contributed by atoms with Crippen molar-refractivity contribution in [3.05, 3.63) is 53.4 Å². The molecule has 20 heavy (non-hydrogen) atoms. The van der Waals surface area contributed by atoms with E-state index in [1.165, 1.54) is 10.9 Å². The molecule has 3 nitrogen and oxygen atoms in total. The van der Waals surface area contributed by atoms with Crippen LogP contribution in [0.1, 0.15) is 5.56 Å². The number of hydrogen-bond acceptors (Lipinski definition) is 2. The third kappa shape index (κ3) is 2.22. The molecule has 0 atom stereocenters. The van der Waals surface area contributed by atoms with Gasteiger partial charge in [0, 0.05) is 0 Å². The standard InChI is InChI=1S/C13H7ClF3N3/c14-11-5-8(13(15,16)17)6-12(19-11)20-7-18-9-3-1-2-4-10(9)20/h1-7H. The maximum absolute atomic E-state index is 12.8.